The van der Waals surface area contributed by atoms with Crippen LogP contribution in [0, 0.1) is 0 Å². The van der Waals surface area contributed by atoms with Crippen LogP contribution in [-0.4, -0.2) is 57.2 Å². The van der Waals surface area contributed by atoms with Gasteiger partial charge in [0.2, 0.25) is 0 Å². The van der Waals surface area contributed by atoms with Crippen LogP contribution >= 0.6 is 0 Å². The smallest absolute Gasteiger partial charge is 0.289 e. The molecule has 0 saturated carbocycles. The summed E-state index contributed by atoms with van der Waals surface area (Å²) in [4.78, 5) is 33.3. The molecule has 1 aliphatic rings. The van der Waals surface area contributed by atoms with Gasteiger partial charge in [0.05, 0.1) is 11.8 Å². The highest BCUT2D eigenvalue weighted by Gasteiger charge is 2.28. The highest BCUT2D eigenvalue weighted by molar-refractivity contribution is 5.99. The van der Waals surface area contributed by atoms with Crippen molar-refractivity contribution in [2.75, 3.05) is 26.2 Å². The molecule has 3 aromatic heterocycles. The van der Waals surface area contributed by atoms with Crippen molar-refractivity contribution in [1.29, 1.82) is 0 Å². The monoisotopic (exact) mass is 352 g/mol. The van der Waals surface area contributed by atoms with Gasteiger partial charge in [0.1, 0.15) is 5.82 Å². The van der Waals surface area contributed by atoms with Gasteiger partial charge in [0, 0.05) is 38.8 Å². The molecular formula is C19H20N4O3. The number of nitrogens with zero attached hydrogens (tertiary/aromatic N) is 4. The Hall–Kier alpha value is -3.09. The highest BCUT2D eigenvalue weighted by Crippen LogP contribution is 2.17. The molecule has 2 amide bonds. The lowest BCUT2D eigenvalue weighted by atomic mass is 10.2. The summed E-state index contributed by atoms with van der Waals surface area (Å²) in [5.74, 6) is 0.981. The maximum atomic E-state index is 13.0. The fraction of sp³-hybridized carbons (Fsp3) is 0.316. The van der Waals surface area contributed by atoms with Crippen LogP contribution in [0.3, 0.4) is 0 Å². The van der Waals surface area contributed by atoms with Gasteiger partial charge in [-0.2, -0.15) is 0 Å². The van der Waals surface area contributed by atoms with Crippen LogP contribution in [0.2, 0.25) is 0 Å². The van der Waals surface area contributed by atoms with E-state index in [4.69, 9.17) is 4.42 Å². The zero-order valence-corrected chi connectivity index (χ0v) is 14.6. The molecule has 0 aromatic carbocycles. The first kappa shape index (κ1) is 16.4. The number of hydrogen-bond donors (Lipinski definition) is 0. The van der Waals surface area contributed by atoms with Crippen molar-refractivity contribution in [1.82, 2.24) is 19.2 Å². The van der Waals surface area contributed by atoms with Gasteiger partial charge in [0.25, 0.3) is 11.8 Å². The van der Waals surface area contributed by atoms with E-state index in [1.54, 1.807) is 21.9 Å². The zero-order chi connectivity index (χ0) is 18.1. The van der Waals surface area contributed by atoms with E-state index in [0.29, 0.717) is 37.6 Å². The molecule has 0 bridgehead atoms. The minimum Gasteiger partial charge on any atom is -0.459 e. The van der Waals surface area contributed by atoms with Crippen LogP contribution in [0.5, 0.6) is 0 Å². The van der Waals surface area contributed by atoms with Crippen LogP contribution in [0.25, 0.3) is 5.52 Å². The Bertz CT molecular complexity index is 937. The first-order valence-electron chi connectivity index (χ1n) is 8.77. The second-order valence-electron chi connectivity index (χ2n) is 6.25. The fourth-order valence-corrected chi connectivity index (χ4v) is 3.33. The van der Waals surface area contributed by atoms with E-state index in [0.717, 1.165) is 17.8 Å². The van der Waals surface area contributed by atoms with Crippen molar-refractivity contribution in [3.05, 3.63) is 60.1 Å². The summed E-state index contributed by atoms with van der Waals surface area (Å²) in [6.45, 7) is 3.96. The number of imidazole rings is 1. The van der Waals surface area contributed by atoms with Crippen LogP contribution in [0.15, 0.2) is 47.2 Å². The highest BCUT2D eigenvalue weighted by atomic mass is 16.3. The van der Waals surface area contributed by atoms with Gasteiger partial charge in [-0.25, -0.2) is 4.98 Å². The lowest BCUT2D eigenvalue weighted by Crippen LogP contribution is -2.50. The molecule has 0 unspecified atom stereocenters. The molecule has 134 valence electrons. The fourth-order valence-electron chi connectivity index (χ4n) is 3.33. The zero-order valence-electron chi connectivity index (χ0n) is 14.6. The minimum atomic E-state index is -0.136. The number of amides is 2. The lowest BCUT2D eigenvalue weighted by molar-refractivity contribution is 0.0516. The Balaban J connectivity index is 1.50. The largest absolute Gasteiger partial charge is 0.459 e. The van der Waals surface area contributed by atoms with Gasteiger partial charge >= 0.3 is 0 Å². The van der Waals surface area contributed by atoms with E-state index < -0.39 is 0 Å². The Labute approximate surface area is 150 Å². The Kier molecular flexibility index (Phi) is 4.20. The molecule has 1 aliphatic heterocycles. The van der Waals surface area contributed by atoms with Crippen molar-refractivity contribution in [3.63, 3.8) is 0 Å². The summed E-state index contributed by atoms with van der Waals surface area (Å²) in [6, 6.07) is 9.11. The predicted octanol–water partition coefficient (Wildman–Crippen LogP) is 2.09. The molecule has 1 saturated heterocycles. The number of fused-ring (bicyclic) bond motifs is 1. The number of carbonyl (C=O) groups is 2. The first-order chi connectivity index (χ1) is 12.7. The number of piperazine rings is 1. The predicted molar refractivity (Wildman–Crippen MR) is 95.1 cm³/mol. The lowest BCUT2D eigenvalue weighted by Gasteiger charge is -2.34. The Morgan fingerprint density at radius 1 is 1.04 bits per heavy atom. The van der Waals surface area contributed by atoms with Gasteiger partial charge in [-0.1, -0.05) is 13.0 Å². The van der Waals surface area contributed by atoms with Crippen molar-refractivity contribution in [2.24, 2.45) is 0 Å². The quantitative estimate of drug-likeness (QED) is 0.724. The Morgan fingerprint density at radius 3 is 2.42 bits per heavy atom. The van der Waals surface area contributed by atoms with E-state index in [9.17, 15) is 9.59 Å². The maximum Gasteiger partial charge on any atom is 0.289 e. The van der Waals surface area contributed by atoms with Gasteiger partial charge in [-0.3, -0.25) is 9.59 Å². The molecule has 26 heavy (non-hydrogen) atoms. The molecule has 7 heteroatoms. The molecule has 1 fully saturated rings. The van der Waals surface area contributed by atoms with E-state index in [-0.39, 0.29) is 11.8 Å². The van der Waals surface area contributed by atoms with Crippen molar-refractivity contribution >= 4 is 17.3 Å². The molecule has 0 radical (unpaired) electrons. The second kappa shape index (κ2) is 6.67. The van der Waals surface area contributed by atoms with Gasteiger partial charge < -0.3 is 18.6 Å². The number of furan rings is 1. The molecule has 7 nitrogen and oxygen atoms in total. The molecule has 0 N–H and O–H groups in total. The van der Waals surface area contributed by atoms with Crippen LogP contribution in [0.4, 0.5) is 0 Å². The van der Waals surface area contributed by atoms with Crippen molar-refractivity contribution in [2.45, 2.75) is 13.3 Å². The maximum absolute atomic E-state index is 13.0. The molecular weight excluding hydrogens is 332 g/mol. The van der Waals surface area contributed by atoms with Gasteiger partial charge in [-0.05, 0) is 24.3 Å². The number of rotatable bonds is 3. The summed E-state index contributed by atoms with van der Waals surface area (Å²) >= 11 is 0. The Morgan fingerprint density at radius 2 is 1.77 bits per heavy atom. The number of hydrogen-bond acceptors (Lipinski definition) is 4. The second-order valence-corrected chi connectivity index (χ2v) is 6.25. The normalized spacial score (nSPS) is 14.8. The standard InChI is InChI=1S/C19H20N4O3/c1-2-16-20-17(14-6-3-4-8-23(14)16)19(25)22-11-9-21(10-12-22)18(24)15-7-5-13-26-15/h3-8,13H,2,9-12H2,1H3. The molecule has 0 spiro atoms. The number of aromatic nitrogens is 2. The van der Waals surface area contributed by atoms with E-state index in [2.05, 4.69) is 4.98 Å². The van der Waals surface area contributed by atoms with Gasteiger partial charge in [-0.15, -0.1) is 0 Å². The third kappa shape index (κ3) is 2.75. The SMILES string of the molecule is CCc1nc(C(=O)N2CCN(C(=O)c3ccco3)CC2)c2ccccn12. The summed E-state index contributed by atoms with van der Waals surface area (Å²) in [6.07, 6.45) is 4.17. The molecule has 3 aromatic rings. The molecule has 0 atom stereocenters. The molecule has 4 heterocycles. The van der Waals surface area contributed by atoms with E-state index >= 15 is 0 Å². The van der Waals surface area contributed by atoms with E-state index in [1.807, 2.05) is 35.7 Å². The topological polar surface area (TPSA) is 71.1 Å². The van der Waals surface area contributed by atoms with Crippen molar-refractivity contribution in [3.8, 4) is 0 Å². The average Bonchev–Trinajstić information content (AvgIpc) is 3.35. The minimum absolute atomic E-state index is 0.0847. The number of aryl methyl sites for hydroxylation is 1. The third-order valence-corrected chi connectivity index (χ3v) is 4.73. The molecule has 4 rings (SSSR count). The first-order valence-corrected chi connectivity index (χ1v) is 8.77. The summed E-state index contributed by atoms with van der Waals surface area (Å²) in [7, 11) is 0. The third-order valence-electron chi connectivity index (χ3n) is 4.73. The molecule has 0 aliphatic carbocycles. The number of carbonyl (C=O) groups excluding carboxylic acids is 2. The van der Waals surface area contributed by atoms with Gasteiger partial charge in [0.15, 0.2) is 11.5 Å². The van der Waals surface area contributed by atoms with Crippen LogP contribution < -0.4 is 0 Å². The van der Waals surface area contributed by atoms with E-state index in [1.165, 1.54) is 6.26 Å². The summed E-state index contributed by atoms with van der Waals surface area (Å²) < 4.78 is 7.13. The summed E-state index contributed by atoms with van der Waals surface area (Å²) in [5.41, 5.74) is 1.30. The van der Waals surface area contributed by atoms with Crippen LogP contribution in [-0.2, 0) is 6.42 Å². The summed E-state index contributed by atoms with van der Waals surface area (Å²) in [5, 5.41) is 0. The van der Waals surface area contributed by atoms with Crippen molar-refractivity contribution < 1.29 is 14.0 Å². The average molecular weight is 352 g/mol. The van der Waals surface area contributed by atoms with Crippen LogP contribution in [0.1, 0.15) is 33.8 Å². The number of pyridine rings is 1.